The number of amides is 1. The van der Waals surface area contributed by atoms with Gasteiger partial charge >= 0.3 is 5.97 Å². The van der Waals surface area contributed by atoms with Gasteiger partial charge in [-0.2, -0.15) is 0 Å². The first-order valence-corrected chi connectivity index (χ1v) is 10.6. The number of carbonyl (C=O) groups is 3. The van der Waals surface area contributed by atoms with E-state index in [1.54, 1.807) is 11.9 Å². The zero-order valence-electron chi connectivity index (χ0n) is 17.7. The van der Waals surface area contributed by atoms with Gasteiger partial charge in [0.15, 0.2) is 12.4 Å². The second-order valence-corrected chi connectivity index (χ2v) is 7.87. The smallest absolute Gasteiger partial charge is 0.306 e. The Morgan fingerprint density at radius 1 is 0.967 bits per heavy atom. The molecule has 0 fully saturated rings. The number of Topliss-reactive ketones (excluding diaryl/α,β-unsaturated/α-hetero) is 1. The second-order valence-electron chi connectivity index (χ2n) is 7.87. The number of hydrogen-bond donors (Lipinski definition) is 0. The highest BCUT2D eigenvalue weighted by Gasteiger charge is 2.19. The highest BCUT2D eigenvalue weighted by Crippen LogP contribution is 2.23. The standard InChI is InChI=1S/C25H29NO4/c1-18(19-8-4-3-5-9-19)26(2)24(28)17-30-25(29)15-14-23(27)22-13-12-20-10-6-7-11-21(20)16-22/h3-5,8-9,12-13,16,18H,6-7,10-11,14-15,17H2,1-2H3/t18-/m0/s1. The van der Waals surface area contributed by atoms with Gasteiger partial charge < -0.3 is 9.64 Å². The maximum atomic E-state index is 12.4. The van der Waals surface area contributed by atoms with Crippen LogP contribution < -0.4 is 0 Å². The Balaban J connectivity index is 1.44. The third kappa shape index (κ3) is 5.56. The number of fused-ring (bicyclic) bond motifs is 1. The van der Waals surface area contributed by atoms with Crippen molar-refractivity contribution in [1.29, 1.82) is 0 Å². The van der Waals surface area contributed by atoms with Gasteiger partial charge in [0, 0.05) is 19.0 Å². The summed E-state index contributed by atoms with van der Waals surface area (Å²) in [6, 6.07) is 15.4. The van der Waals surface area contributed by atoms with E-state index in [9.17, 15) is 14.4 Å². The molecule has 1 aliphatic carbocycles. The van der Waals surface area contributed by atoms with Gasteiger partial charge in [0.05, 0.1) is 12.5 Å². The molecule has 0 saturated heterocycles. The Labute approximate surface area is 178 Å². The highest BCUT2D eigenvalue weighted by atomic mass is 16.5. The average molecular weight is 408 g/mol. The van der Waals surface area contributed by atoms with Crippen molar-refractivity contribution in [2.75, 3.05) is 13.7 Å². The maximum absolute atomic E-state index is 12.4. The summed E-state index contributed by atoms with van der Waals surface area (Å²) in [4.78, 5) is 38.4. The molecule has 5 nitrogen and oxygen atoms in total. The van der Waals surface area contributed by atoms with Crippen LogP contribution in [-0.2, 0) is 27.2 Å². The summed E-state index contributed by atoms with van der Waals surface area (Å²) in [7, 11) is 1.69. The molecule has 0 bridgehead atoms. The number of rotatable bonds is 8. The molecule has 0 aliphatic heterocycles. The molecule has 0 aromatic heterocycles. The summed E-state index contributed by atoms with van der Waals surface area (Å²) in [5, 5.41) is 0. The SMILES string of the molecule is C[C@@H](c1ccccc1)N(C)C(=O)COC(=O)CCC(=O)c1ccc2c(c1)CCCC2. The first-order valence-electron chi connectivity index (χ1n) is 10.6. The van der Waals surface area contributed by atoms with Crippen molar-refractivity contribution in [1.82, 2.24) is 4.90 Å². The van der Waals surface area contributed by atoms with Gasteiger partial charge in [0.2, 0.25) is 0 Å². The minimum absolute atomic E-state index is 0.0266. The largest absolute Gasteiger partial charge is 0.456 e. The second kappa shape index (κ2) is 10.2. The van der Waals surface area contributed by atoms with Crippen molar-refractivity contribution in [2.45, 2.75) is 51.5 Å². The number of likely N-dealkylation sites (N-methyl/N-ethyl adjacent to an activating group) is 1. The fourth-order valence-corrected chi connectivity index (χ4v) is 3.75. The van der Waals surface area contributed by atoms with Gasteiger partial charge in [-0.3, -0.25) is 14.4 Å². The third-order valence-electron chi connectivity index (χ3n) is 5.84. The number of benzene rings is 2. The Hall–Kier alpha value is -2.95. The molecule has 3 rings (SSSR count). The van der Waals surface area contributed by atoms with Crippen LogP contribution in [0.2, 0.25) is 0 Å². The van der Waals surface area contributed by atoms with Crippen molar-refractivity contribution in [3.8, 4) is 0 Å². The van der Waals surface area contributed by atoms with Gasteiger partial charge in [-0.15, -0.1) is 0 Å². The number of nitrogens with zero attached hydrogens (tertiary/aromatic N) is 1. The van der Waals surface area contributed by atoms with Crippen molar-refractivity contribution in [3.63, 3.8) is 0 Å². The van der Waals surface area contributed by atoms with E-state index in [0.29, 0.717) is 5.56 Å². The van der Waals surface area contributed by atoms with Crippen LogP contribution >= 0.6 is 0 Å². The van der Waals surface area contributed by atoms with Crippen LogP contribution in [0, 0.1) is 0 Å². The fraction of sp³-hybridized carbons (Fsp3) is 0.400. The van der Waals surface area contributed by atoms with Gasteiger partial charge in [0.25, 0.3) is 5.91 Å². The average Bonchev–Trinajstić information content (AvgIpc) is 2.80. The van der Waals surface area contributed by atoms with E-state index >= 15 is 0 Å². The van der Waals surface area contributed by atoms with Crippen molar-refractivity contribution in [2.24, 2.45) is 0 Å². The lowest BCUT2D eigenvalue weighted by Crippen LogP contribution is -2.33. The number of ether oxygens (including phenoxy) is 1. The molecule has 5 heteroatoms. The van der Waals surface area contributed by atoms with Crippen LogP contribution in [0.4, 0.5) is 0 Å². The van der Waals surface area contributed by atoms with Crippen LogP contribution in [0.15, 0.2) is 48.5 Å². The quantitative estimate of drug-likeness (QED) is 0.484. The molecular weight excluding hydrogens is 378 g/mol. The Bertz CT molecular complexity index is 907. The summed E-state index contributed by atoms with van der Waals surface area (Å²) in [5.74, 6) is -0.877. The maximum Gasteiger partial charge on any atom is 0.306 e. The molecule has 2 aromatic carbocycles. The number of aryl methyl sites for hydroxylation is 2. The van der Waals surface area contributed by atoms with E-state index < -0.39 is 5.97 Å². The van der Waals surface area contributed by atoms with E-state index in [4.69, 9.17) is 4.74 Å². The van der Waals surface area contributed by atoms with E-state index in [2.05, 4.69) is 0 Å². The summed E-state index contributed by atoms with van der Waals surface area (Å²) < 4.78 is 5.11. The minimum atomic E-state index is -0.532. The van der Waals surface area contributed by atoms with Gasteiger partial charge in [-0.25, -0.2) is 0 Å². The molecule has 0 radical (unpaired) electrons. The van der Waals surface area contributed by atoms with E-state index in [-0.39, 0.29) is 37.2 Å². The lowest BCUT2D eigenvalue weighted by Gasteiger charge is -2.25. The Morgan fingerprint density at radius 2 is 1.67 bits per heavy atom. The number of ketones is 1. The molecule has 0 saturated carbocycles. The van der Waals surface area contributed by atoms with E-state index in [1.165, 1.54) is 17.5 Å². The first-order chi connectivity index (χ1) is 14.5. The molecule has 0 spiro atoms. The lowest BCUT2D eigenvalue weighted by atomic mass is 9.89. The monoisotopic (exact) mass is 407 g/mol. The molecule has 2 aromatic rings. The molecule has 1 amide bonds. The molecular formula is C25H29NO4. The number of hydrogen-bond acceptors (Lipinski definition) is 4. The predicted octanol–water partition coefficient (Wildman–Crippen LogP) is 4.29. The third-order valence-corrected chi connectivity index (χ3v) is 5.84. The van der Waals surface area contributed by atoms with Crippen LogP contribution in [0.3, 0.4) is 0 Å². The van der Waals surface area contributed by atoms with Crippen LogP contribution in [-0.4, -0.2) is 36.2 Å². The fourth-order valence-electron chi connectivity index (χ4n) is 3.75. The minimum Gasteiger partial charge on any atom is -0.456 e. The molecule has 158 valence electrons. The van der Waals surface area contributed by atoms with Crippen molar-refractivity contribution < 1.29 is 19.1 Å². The van der Waals surface area contributed by atoms with Gasteiger partial charge in [-0.1, -0.05) is 42.5 Å². The van der Waals surface area contributed by atoms with Crippen LogP contribution in [0.1, 0.15) is 65.7 Å². The molecule has 0 N–H and O–H groups in total. The zero-order valence-corrected chi connectivity index (χ0v) is 17.7. The number of esters is 1. The van der Waals surface area contributed by atoms with Crippen molar-refractivity contribution >= 4 is 17.7 Å². The highest BCUT2D eigenvalue weighted by molar-refractivity contribution is 5.97. The zero-order chi connectivity index (χ0) is 21.5. The van der Waals surface area contributed by atoms with Gasteiger partial charge in [-0.05, 0) is 55.4 Å². The van der Waals surface area contributed by atoms with Gasteiger partial charge in [0.1, 0.15) is 0 Å². The van der Waals surface area contributed by atoms with E-state index in [0.717, 1.165) is 24.8 Å². The summed E-state index contributed by atoms with van der Waals surface area (Å²) in [6.07, 6.45) is 4.49. The van der Waals surface area contributed by atoms with E-state index in [1.807, 2.05) is 55.5 Å². The molecule has 30 heavy (non-hydrogen) atoms. The summed E-state index contributed by atoms with van der Waals surface area (Å²) >= 11 is 0. The van der Waals surface area contributed by atoms with Crippen LogP contribution in [0.25, 0.3) is 0 Å². The molecule has 1 aliphatic rings. The predicted molar refractivity (Wildman–Crippen MR) is 115 cm³/mol. The molecule has 0 heterocycles. The molecule has 1 atom stereocenters. The van der Waals surface area contributed by atoms with Crippen molar-refractivity contribution in [3.05, 3.63) is 70.8 Å². The summed E-state index contributed by atoms with van der Waals surface area (Å²) in [5.41, 5.74) is 4.23. The normalized spacial score (nSPS) is 13.8. The van der Waals surface area contributed by atoms with Crippen LogP contribution in [0.5, 0.6) is 0 Å². The summed E-state index contributed by atoms with van der Waals surface area (Å²) in [6.45, 7) is 1.60. The topological polar surface area (TPSA) is 63.7 Å². The number of carbonyl (C=O) groups excluding carboxylic acids is 3. The lowest BCUT2D eigenvalue weighted by molar-refractivity contribution is -0.152. The Kier molecular flexibility index (Phi) is 7.39. The Morgan fingerprint density at radius 3 is 2.40 bits per heavy atom. The molecule has 0 unspecified atom stereocenters. The first kappa shape index (κ1) is 21.8.